The Kier molecular flexibility index (Phi) is 7.81. The third-order valence-corrected chi connectivity index (χ3v) is 5.39. The SMILES string of the molecule is COC(=O)c1cc(N2CCOCC2)ccc1NC(=O)CCCNC(=O)c1ccsc1. The summed E-state index contributed by atoms with van der Waals surface area (Å²) in [5.41, 5.74) is 2.21. The summed E-state index contributed by atoms with van der Waals surface area (Å²) >= 11 is 1.46. The molecule has 1 fully saturated rings. The number of hydrogen-bond donors (Lipinski definition) is 2. The molecule has 0 unspecified atom stereocenters. The summed E-state index contributed by atoms with van der Waals surface area (Å²) in [4.78, 5) is 38.6. The summed E-state index contributed by atoms with van der Waals surface area (Å²) in [6.45, 7) is 3.14. The van der Waals surface area contributed by atoms with E-state index in [0.717, 1.165) is 18.8 Å². The minimum absolute atomic E-state index is 0.150. The highest BCUT2D eigenvalue weighted by atomic mass is 32.1. The van der Waals surface area contributed by atoms with Crippen LogP contribution in [0.3, 0.4) is 0 Å². The van der Waals surface area contributed by atoms with Crippen LogP contribution in [-0.2, 0) is 14.3 Å². The van der Waals surface area contributed by atoms with Crippen LogP contribution in [0.2, 0.25) is 0 Å². The van der Waals surface area contributed by atoms with Gasteiger partial charge in [-0.15, -0.1) is 0 Å². The molecule has 0 saturated carbocycles. The molecule has 1 aliphatic heterocycles. The first-order valence-electron chi connectivity index (χ1n) is 9.74. The number of rotatable bonds is 8. The highest BCUT2D eigenvalue weighted by Crippen LogP contribution is 2.25. The van der Waals surface area contributed by atoms with Crippen LogP contribution in [-0.4, -0.2) is 57.7 Å². The molecular weight excluding hydrogens is 406 g/mol. The minimum atomic E-state index is -0.511. The summed E-state index contributed by atoms with van der Waals surface area (Å²) in [7, 11) is 1.31. The zero-order valence-electron chi connectivity index (χ0n) is 16.8. The second-order valence-electron chi connectivity index (χ2n) is 6.74. The molecule has 0 aliphatic carbocycles. The van der Waals surface area contributed by atoms with E-state index < -0.39 is 5.97 Å². The van der Waals surface area contributed by atoms with Crippen molar-refractivity contribution in [3.05, 3.63) is 46.2 Å². The predicted molar refractivity (Wildman–Crippen MR) is 115 cm³/mol. The van der Waals surface area contributed by atoms with Gasteiger partial charge in [-0.05, 0) is 36.1 Å². The van der Waals surface area contributed by atoms with Crippen LogP contribution in [0, 0.1) is 0 Å². The van der Waals surface area contributed by atoms with Crippen molar-refractivity contribution in [3.63, 3.8) is 0 Å². The number of carbonyl (C=O) groups is 3. The van der Waals surface area contributed by atoms with Gasteiger partial charge in [-0.1, -0.05) is 0 Å². The van der Waals surface area contributed by atoms with Gasteiger partial charge in [-0.25, -0.2) is 4.79 Å². The third-order valence-electron chi connectivity index (χ3n) is 4.71. The third kappa shape index (κ3) is 5.80. The Bertz CT molecular complexity index is 879. The molecule has 8 nitrogen and oxygen atoms in total. The maximum Gasteiger partial charge on any atom is 0.340 e. The van der Waals surface area contributed by atoms with Gasteiger partial charge in [0.2, 0.25) is 5.91 Å². The fourth-order valence-corrected chi connectivity index (χ4v) is 3.73. The lowest BCUT2D eigenvalue weighted by Gasteiger charge is -2.29. The number of amides is 2. The average molecular weight is 432 g/mol. The number of methoxy groups -OCH3 is 1. The Morgan fingerprint density at radius 1 is 1.20 bits per heavy atom. The first-order chi connectivity index (χ1) is 14.6. The molecule has 2 amide bonds. The average Bonchev–Trinajstić information content (AvgIpc) is 3.32. The molecular formula is C21H25N3O5S. The summed E-state index contributed by atoms with van der Waals surface area (Å²) in [5.74, 6) is -0.893. The fourth-order valence-electron chi connectivity index (χ4n) is 3.10. The molecule has 1 aliphatic rings. The van der Waals surface area contributed by atoms with Crippen molar-refractivity contribution in [2.75, 3.05) is 50.2 Å². The second kappa shape index (κ2) is 10.7. The topological polar surface area (TPSA) is 97.0 Å². The van der Waals surface area contributed by atoms with Crippen molar-refractivity contribution < 1.29 is 23.9 Å². The van der Waals surface area contributed by atoms with E-state index in [0.29, 0.717) is 43.0 Å². The zero-order valence-corrected chi connectivity index (χ0v) is 17.6. The molecule has 2 N–H and O–H groups in total. The molecule has 1 aromatic heterocycles. The Balaban J connectivity index is 1.55. The molecule has 1 saturated heterocycles. The highest BCUT2D eigenvalue weighted by Gasteiger charge is 2.18. The van der Waals surface area contributed by atoms with E-state index in [4.69, 9.17) is 9.47 Å². The van der Waals surface area contributed by atoms with Gasteiger partial charge in [0.15, 0.2) is 0 Å². The second-order valence-corrected chi connectivity index (χ2v) is 7.52. The first-order valence-corrected chi connectivity index (χ1v) is 10.7. The summed E-state index contributed by atoms with van der Waals surface area (Å²) in [5, 5.41) is 9.18. The van der Waals surface area contributed by atoms with E-state index in [1.807, 2.05) is 11.4 Å². The molecule has 0 spiro atoms. The number of hydrogen-bond acceptors (Lipinski definition) is 7. The lowest BCUT2D eigenvalue weighted by Crippen LogP contribution is -2.36. The Morgan fingerprint density at radius 3 is 2.70 bits per heavy atom. The van der Waals surface area contributed by atoms with E-state index >= 15 is 0 Å². The van der Waals surface area contributed by atoms with Gasteiger partial charge in [0.05, 0.1) is 31.6 Å². The number of carbonyl (C=O) groups excluding carboxylic acids is 3. The molecule has 0 radical (unpaired) electrons. The van der Waals surface area contributed by atoms with Gasteiger partial charge in [0, 0.05) is 42.7 Å². The number of anilines is 2. The van der Waals surface area contributed by atoms with Gasteiger partial charge >= 0.3 is 5.97 Å². The van der Waals surface area contributed by atoms with Crippen molar-refractivity contribution in [3.8, 4) is 0 Å². The monoisotopic (exact) mass is 431 g/mol. The highest BCUT2D eigenvalue weighted by molar-refractivity contribution is 7.08. The molecule has 0 bridgehead atoms. The van der Waals surface area contributed by atoms with Gasteiger partial charge in [0.1, 0.15) is 0 Å². The normalized spacial score (nSPS) is 13.6. The van der Waals surface area contributed by atoms with E-state index in [1.165, 1.54) is 18.4 Å². The maximum absolute atomic E-state index is 12.3. The van der Waals surface area contributed by atoms with Crippen molar-refractivity contribution in [1.82, 2.24) is 5.32 Å². The standard InChI is InChI=1S/C21H25N3O5S/c1-28-21(27)17-13-16(24-8-10-29-11-9-24)4-5-18(17)23-19(25)3-2-7-22-20(26)15-6-12-30-14-15/h4-6,12-14H,2-3,7-11H2,1H3,(H,22,26)(H,23,25). The van der Waals surface area contributed by atoms with Gasteiger partial charge in [-0.3, -0.25) is 9.59 Å². The quantitative estimate of drug-likeness (QED) is 0.493. The maximum atomic E-state index is 12.3. The number of thiophene rings is 1. The Morgan fingerprint density at radius 2 is 2.00 bits per heavy atom. The largest absolute Gasteiger partial charge is 0.465 e. The Hall–Kier alpha value is -2.91. The molecule has 0 atom stereocenters. The smallest absolute Gasteiger partial charge is 0.340 e. The molecule has 30 heavy (non-hydrogen) atoms. The summed E-state index contributed by atoms with van der Waals surface area (Å²) in [6.07, 6.45) is 0.705. The number of nitrogens with one attached hydrogen (secondary N) is 2. The molecule has 3 rings (SSSR count). The number of nitrogens with zero attached hydrogens (tertiary/aromatic N) is 1. The number of ether oxygens (including phenoxy) is 2. The van der Waals surface area contributed by atoms with Crippen LogP contribution < -0.4 is 15.5 Å². The lowest BCUT2D eigenvalue weighted by molar-refractivity contribution is -0.116. The van der Waals surface area contributed by atoms with Crippen molar-refractivity contribution >= 4 is 40.5 Å². The van der Waals surface area contributed by atoms with Crippen LogP contribution in [0.1, 0.15) is 33.6 Å². The van der Waals surface area contributed by atoms with E-state index in [9.17, 15) is 14.4 Å². The molecule has 2 heterocycles. The summed E-state index contributed by atoms with van der Waals surface area (Å²) in [6, 6.07) is 7.07. The Labute approximate surface area is 179 Å². The molecule has 160 valence electrons. The number of esters is 1. The zero-order chi connectivity index (χ0) is 21.3. The van der Waals surface area contributed by atoms with Crippen LogP contribution >= 0.6 is 11.3 Å². The molecule has 1 aromatic carbocycles. The fraction of sp³-hybridized carbons (Fsp3) is 0.381. The van der Waals surface area contributed by atoms with Crippen LogP contribution in [0.5, 0.6) is 0 Å². The molecule has 9 heteroatoms. The first kappa shape index (κ1) is 21.8. The van der Waals surface area contributed by atoms with Crippen LogP contribution in [0.15, 0.2) is 35.0 Å². The minimum Gasteiger partial charge on any atom is -0.465 e. The van der Waals surface area contributed by atoms with Crippen LogP contribution in [0.25, 0.3) is 0 Å². The van der Waals surface area contributed by atoms with Crippen molar-refractivity contribution in [2.24, 2.45) is 0 Å². The number of morpholine rings is 1. The number of benzene rings is 1. The van der Waals surface area contributed by atoms with Gasteiger partial charge in [-0.2, -0.15) is 11.3 Å². The van der Waals surface area contributed by atoms with Crippen molar-refractivity contribution in [2.45, 2.75) is 12.8 Å². The van der Waals surface area contributed by atoms with Crippen LogP contribution in [0.4, 0.5) is 11.4 Å². The van der Waals surface area contributed by atoms with E-state index in [-0.39, 0.29) is 18.2 Å². The summed E-state index contributed by atoms with van der Waals surface area (Å²) < 4.78 is 10.2. The van der Waals surface area contributed by atoms with E-state index in [1.54, 1.807) is 23.6 Å². The molecule has 2 aromatic rings. The van der Waals surface area contributed by atoms with Crippen molar-refractivity contribution in [1.29, 1.82) is 0 Å². The van der Waals surface area contributed by atoms with Gasteiger partial charge in [0.25, 0.3) is 5.91 Å². The predicted octanol–water partition coefficient (Wildman–Crippen LogP) is 2.52. The lowest BCUT2D eigenvalue weighted by atomic mass is 10.1. The van der Waals surface area contributed by atoms with E-state index in [2.05, 4.69) is 15.5 Å². The van der Waals surface area contributed by atoms with Gasteiger partial charge < -0.3 is 25.0 Å².